The summed E-state index contributed by atoms with van der Waals surface area (Å²) < 4.78 is 24.8. The number of para-hydroxylation sites is 1. The maximum Gasteiger partial charge on any atom is 0.273 e. The van der Waals surface area contributed by atoms with Gasteiger partial charge in [-0.1, -0.05) is 12.1 Å². The van der Waals surface area contributed by atoms with E-state index in [9.17, 15) is 9.18 Å². The molecule has 4 rings (SSSR count). The minimum absolute atomic E-state index is 0.190. The van der Waals surface area contributed by atoms with Crippen molar-refractivity contribution in [2.24, 2.45) is 5.92 Å². The maximum absolute atomic E-state index is 14.0. The quantitative estimate of drug-likeness (QED) is 0.800. The number of benzene rings is 1. The van der Waals surface area contributed by atoms with Crippen molar-refractivity contribution in [3.05, 3.63) is 47.9 Å². The standard InChI is InChI=1S/C21H27FN4O3/c22-17-3-1-2-4-19(17)26-9-7-25(8-10-26)14-20-24-18(15-29-20)21(27)23-13-16-5-11-28-12-6-16/h1-4,15-16H,5-14H2,(H,23,27). The van der Waals surface area contributed by atoms with Gasteiger partial charge in [0.2, 0.25) is 5.89 Å². The number of amides is 1. The number of hydrogen-bond donors (Lipinski definition) is 1. The van der Waals surface area contributed by atoms with Crippen molar-refractivity contribution in [2.45, 2.75) is 19.4 Å². The first-order chi connectivity index (χ1) is 14.2. The van der Waals surface area contributed by atoms with E-state index in [4.69, 9.17) is 9.15 Å². The van der Waals surface area contributed by atoms with E-state index in [1.165, 1.54) is 12.3 Å². The first-order valence-corrected chi connectivity index (χ1v) is 10.2. The number of carbonyl (C=O) groups is 1. The van der Waals surface area contributed by atoms with Gasteiger partial charge in [0, 0.05) is 45.9 Å². The smallest absolute Gasteiger partial charge is 0.273 e. The highest BCUT2D eigenvalue weighted by molar-refractivity contribution is 5.91. The molecule has 2 aromatic rings. The number of anilines is 1. The molecule has 7 nitrogen and oxygen atoms in total. The average molecular weight is 402 g/mol. The zero-order chi connectivity index (χ0) is 20.1. The Hall–Kier alpha value is -2.45. The number of ether oxygens (including phenoxy) is 1. The number of nitrogens with zero attached hydrogens (tertiary/aromatic N) is 3. The summed E-state index contributed by atoms with van der Waals surface area (Å²) in [5, 5.41) is 2.94. The van der Waals surface area contributed by atoms with Crippen LogP contribution in [0.1, 0.15) is 29.2 Å². The number of aromatic nitrogens is 1. The van der Waals surface area contributed by atoms with Crippen molar-refractivity contribution in [1.82, 2.24) is 15.2 Å². The highest BCUT2D eigenvalue weighted by Gasteiger charge is 2.22. The van der Waals surface area contributed by atoms with Crippen molar-refractivity contribution in [3.8, 4) is 0 Å². The van der Waals surface area contributed by atoms with E-state index in [0.717, 1.165) is 52.2 Å². The molecule has 3 heterocycles. The molecule has 2 aliphatic heterocycles. The lowest BCUT2D eigenvalue weighted by Crippen LogP contribution is -2.46. The van der Waals surface area contributed by atoms with E-state index in [1.54, 1.807) is 6.07 Å². The van der Waals surface area contributed by atoms with Gasteiger partial charge < -0.3 is 19.4 Å². The molecule has 29 heavy (non-hydrogen) atoms. The summed E-state index contributed by atoms with van der Waals surface area (Å²) in [6.07, 6.45) is 3.37. The summed E-state index contributed by atoms with van der Waals surface area (Å²) >= 11 is 0. The van der Waals surface area contributed by atoms with Crippen molar-refractivity contribution in [1.29, 1.82) is 0 Å². The molecule has 1 amide bonds. The van der Waals surface area contributed by atoms with E-state index < -0.39 is 0 Å². The summed E-state index contributed by atoms with van der Waals surface area (Å²) in [6.45, 7) is 5.74. The van der Waals surface area contributed by atoms with Crippen LogP contribution in [0.4, 0.5) is 10.1 Å². The first-order valence-electron chi connectivity index (χ1n) is 10.2. The second-order valence-corrected chi connectivity index (χ2v) is 7.61. The molecule has 0 unspecified atom stereocenters. The van der Waals surface area contributed by atoms with Crippen molar-refractivity contribution in [3.63, 3.8) is 0 Å². The predicted molar refractivity (Wildman–Crippen MR) is 106 cm³/mol. The third-order valence-electron chi connectivity index (χ3n) is 5.60. The molecule has 1 aromatic heterocycles. The summed E-state index contributed by atoms with van der Waals surface area (Å²) in [7, 11) is 0. The Kier molecular flexibility index (Phi) is 6.41. The molecule has 1 aromatic carbocycles. The third-order valence-corrected chi connectivity index (χ3v) is 5.60. The fraction of sp³-hybridized carbons (Fsp3) is 0.524. The Morgan fingerprint density at radius 1 is 1.17 bits per heavy atom. The van der Waals surface area contributed by atoms with Crippen LogP contribution in [0.15, 0.2) is 34.9 Å². The normalized spacial score (nSPS) is 18.7. The van der Waals surface area contributed by atoms with Gasteiger partial charge in [0.15, 0.2) is 5.69 Å². The Morgan fingerprint density at radius 3 is 2.69 bits per heavy atom. The Balaban J connectivity index is 1.24. The van der Waals surface area contributed by atoms with Crippen LogP contribution in [0.5, 0.6) is 0 Å². The lowest BCUT2D eigenvalue weighted by atomic mass is 10.0. The van der Waals surface area contributed by atoms with Crippen LogP contribution in [0.2, 0.25) is 0 Å². The van der Waals surface area contributed by atoms with Crippen molar-refractivity contribution < 1.29 is 18.3 Å². The third kappa shape index (κ3) is 5.13. The maximum atomic E-state index is 14.0. The summed E-state index contributed by atoms with van der Waals surface area (Å²) in [5.74, 6) is 0.603. The molecule has 2 saturated heterocycles. The Labute approximate surface area is 169 Å². The molecule has 8 heteroatoms. The van der Waals surface area contributed by atoms with Gasteiger partial charge >= 0.3 is 0 Å². The number of rotatable bonds is 6. The van der Waals surface area contributed by atoms with E-state index in [2.05, 4.69) is 20.1 Å². The second-order valence-electron chi connectivity index (χ2n) is 7.61. The summed E-state index contributed by atoms with van der Waals surface area (Å²) in [6, 6.07) is 6.86. The van der Waals surface area contributed by atoms with E-state index >= 15 is 0 Å². The van der Waals surface area contributed by atoms with Crippen LogP contribution in [0.25, 0.3) is 0 Å². The monoisotopic (exact) mass is 402 g/mol. The van der Waals surface area contributed by atoms with Gasteiger partial charge in [-0.05, 0) is 30.9 Å². The van der Waals surface area contributed by atoms with Gasteiger partial charge in [-0.2, -0.15) is 0 Å². The first kappa shape index (κ1) is 19.8. The van der Waals surface area contributed by atoms with Gasteiger partial charge in [-0.3, -0.25) is 9.69 Å². The van der Waals surface area contributed by atoms with Crippen LogP contribution < -0.4 is 10.2 Å². The molecule has 0 bridgehead atoms. The number of piperazine rings is 1. The number of oxazole rings is 1. The second kappa shape index (κ2) is 9.37. The fourth-order valence-electron chi connectivity index (χ4n) is 3.81. The van der Waals surface area contributed by atoms with Gasteiger partial charge in [-0.15, -0.1) is 0 Å². The average Bonchev–Trinajstić information content (AvgIpc) is 3.22. The van der Waals surface area contributed by atoms with E-state index in [0.29, 0.717) is 36.3 Å². The number of nitrogens with one attached hydrogen (secondary N) is 1. The van der Waals surface area contributed by atoms with Crippen LogP contribution in [0, 0.1) is 11.7 Å². The topological polar surface area (TPSA) is 70.8 Å². The molecule has 0 atom stereocenters. The largest absolute Gasteiger partial charge is 0.447 e. The lowest BCUT2D eigenvalue weighted by Gasteiger charge is -2.35. The van der Waals surface area contributed by atoms with E-state index in [1.807, 2.05) is 12.1 Å². The molecule has 2 fully saturated rings. The minimum Gasteiger partial charge on any atom is -0.447 e. The fourth-order valence-corrected chi connectivity index (χ4v) is 3.81. The molecular weight excluding hydrogens is 375 g/mol. The van der Waals surface area contributed by atoms with Gasteiger partial charge in [0.25, 0.3) is 5.91 Å². The molecule has 0 radical (unpaired) electrons. The lowest BCUT2D eigenvalue weighted by molar-refractivity contribution is 0.0642. The molecule has 0 aliphatic carbocycles. The molecule has 156 valence electrons. The van der Waals surface area contributed by atoms with Crippen LogP contribution in [-0.4, -0.2) is 61.7 Å². The molecular formula is C21H27FN4O3. The zero-order valence-electron chi connectivity index (χ0n) is 16.5. The van der Waals surface area contributed by atoms with Crippen LogP contribution >= 0.6 is 0 Å². The summed E-state index contributed by atoms with van der Waals surface area (Å²) in [4.78, 5) is 20.9. The SMILES string of the molecule is O=C(NCC1CCOCC1)c1coc(CN2CCN(c3ccccc3F)CC2)n1. The number of carbonyl (C=O) groups excluding carboxylic acids is 1. The molecule has 0 saturated carbocycles. The number of hydrogen-bond acceptors (Lipinski definition) is 6. The van der Waals surface area contributed by atoms with Crippen molar-refractivity contribution >= 4 is 11.6 Å². The van der Waals surface area contributed by atoms with Gasteiger partial charge in [-0.25, -0.2) is 9.37 Å². The van der Waals surface area contributed by atoms with Gasteiger partial charge in [0.05, 0.1) is 12.2 Å². The highest BCUT2D eigenvalue weighted by Crippen LogP contribution is 2.20. The number of halogens is 1. The Bertz CT molecular complexity index is 814. The van der Waals surface area contributed by atoms with Crippen LogP contribution in [-0.2, 0) is 11.3 Å². The summed E-state index contributed by atoms with van der Waals surface area (Å²) in [5.41, 5.74) is 0.962. The molecule has 0 spiro atoms. The molecule has 2 aliphatic rings. The van der Waals surface area contributed by atoms with Crippen molar-refractivity contribution in [2.75, 3.05) is 50.8 Å². The van der Waals surface area contributed by atoms with Crippen LogP contribution in [0.3, 0.4) is 0 Å². The van der Waals surface area contributed by atoms with Gasteiger partial charge in [0.1, 0.15) is 12.1 Å². The predicted octanol–water partition coefficient (Wildman–Crippen LogP) is 2.29. The highest BCUT2D eigenvalue weighted by atomic mass is 19.1. The molecule has 1 N–H and O–H groups in total. The Morgan fingerprint density at radius 2 is 1.93 bits per heavy atom. The minimum atomic E-state index is -0.198. The van der Waals surface area contributed by atoms with E-state index in [-0.39, 0.29) is 11.7 Å². The zero-order valence-corrected chi connectivity index (χ0v) is 16.5.